The zero-order valence-corrected chi connectivity index (χ0v) is 8.16. The number of morpholine rings is 1. The average molecular weight is 223 g/mol. The second kappa shape index (κ2) is 4.52. The lowest BCUT2D eigenvalue weighted by molar-refractivity contribution is -0.182. The highest BCUT2D eigenvalue weighted by atomic mass is 19.3. The van der Waals surface area contributed by atoms with Crippen molar-refractivity contribution in [3.63, 3.8) is 0 Å². The Morgan fingerprint density at radius 3 is 2.33 bits per heavy atom. The third-order valence-corrected chi connectivity index (χ3v) is 2.01. The van der Waals surface area contributed by atoms with Crippen molar-refractivity contribution in [3.05, 3.63) is 0 Å². The molecule has 1 heterocycles. The first kappa shape index (κ1) is 11.8. The number of methoxy groups -OCH3 is 1. The number of alkyl halides is 2. The van der Waals surface area contributed by atoms with E-state index >= 15 is 0 Å². The van der Waals surface area contributed by atoms with Crippen LogP contribution in [0.2, 0.25) is 0 Å². The van der Waals surface area contributed by atoms with Crippen molar-refractivity contribution in [1.82, 2.24) is 4.90 Å². The van der Waals surface area contributed by atoms with Crippen LogP contribution in [0.5, 0.6) is 0 Å². The Bertz CT molecular complexity index is 263. The van der Waals surface area contributed by atoms with Gasteiger partial charge >= 0.3 is 17.8 Å². The number of carbonyl (C=O) groups is 2. The van der Waals surface area contributed by atoms with E-state index in [1.165, 1.54) is 0 Å². The summed E-state index contributed by atoms with van der Waals surface area (Å²) in [5, 5.41) is 0. The molecule has 0 aromatic heterocycles. The van der Waals surface area contributed by atoms with Gasteiger partial charge in [-0.1, -0.05) is 0 Å². The van der Waals surface area contributed by atoms with Gasteiger partial charge in [-0.3, -0.25) is 4.79 Å². The number of ether oxygens (including phenoxy) is 2. The van der Waals surface area contributed by atoms with Gasteiger partial charge < -0.3 is 14.4 Å². The lowest BCUT2D eigenvalue weighted by atomic mass is 10.2. The Balaban J connectivity index is 2.69. The fourth-order valence-corrected chi connectivity index (χ4v) is 1.18. The van der Waals surface area contributed by atoms with Gasteiger partial charge in [0.1, 0.15) is 0 Å². The minimum absolute atomic E-state index is 0.0609. The van der Waals surface area contributed by atoms with Crippen LogP contribution in [-0.2, 0) is 19.1 Å². The Labute approximate surface area is 84.9 Å². The monoisotopic (exact) mass is 223 g/mol. The SMILES string of the molecule is COC(=O)C(F)(F)C(=O)N1CCOCC1. The predicted octanol–water partition coefficient (Wildman–Crippen LogP) is -0.347. The van der Waals surface area contributed by atoms with Crippen molar-refractivity contribution in [2.45, 2.75) is 5.92 Å². The highest BCUT2D eigenvalue weighted by Gasteiger charge is 2.51. The van der Waals surface area contributed by atoms with Crippen molar-refractivity contribution >= 4 is 11.9 Å². The standard InChI is InChI=1S/C8H11F2NO4/c1-14-7(13)8(9,10)6(12)11-2-4-15-5-3-11/h2-5H2,1H3. The number of esters is 1. The van der Waals surface area contributed by atoms with Gasteiger partial charge in [0, 0.05) is 13.1 Å². The molecule has 15 heavy (non-hydrogen) atoms. The fourth-order valence-electron chi connectivity index (χ4n) is 1.18. The number of nitrogens with zero attached hydrogens (tertiary/aromatic N) is 1. The van der Waals surface area contributed by atoms with Gasteiger partial charge in [-0.25, -0.2) is 4.79 Å². The first-order valence-electron chi connectivity index (χ1n) is 4.33. The molecule has 1 amide bonds. The van der Waals surface area contributed by atoms with E-state index in [9.17, 15) is 18.4 Å². The molecule has 1 fully saturated rings. The molecule has 86 valence electrons. The Kier molecular flexibility index (Phi) is 3.57. The molecule has 0 aromatic rings. The maximum absolute atomic E-state index is 13.1. The maximum Gasteiger partial charge on any atom is 0.419 e. The molecular weight excluding hydrogens is 212 g/mol. The van der Waals surface area contributed by atoms with Gasteiger partial charge in [-0.2, -0.15) is 8.78 Å². The van der Waals surface area contributed by atoms with E-state index in [0.29, 0.717) is 0 Å². The second-order valence-electron chi connectivity index (χ2n) is 2.97. The molecule has 1 rings (SSSR count). The van der Waals surface area contributed by atoms with Gasteiger partial charge in [0.25, 0.3) is 0 Å². The van der Waals surface area contributed by atoms with E-state index in [1.54, 1.807) is 0 Å². The molecule has 0 spiro atoms. The highest BCUT2D eigenvalue weighted by molar-refractivity contribution is 6.04. The van der Waals surface area contributed by atoms with Crippen LogP contribution in [0.1, 0.15) is 0 Å². The number of rotatable bonds is 2. The smallest absolute Gasteiger partial charge is 0.419 e. The molecule has 0 unspecified atom stereocenters. The van der Waals surface area contributed by atoms with Crippen molar-refractivity contribution in [1.29, 1.82) is 0 Å². The molecule has 0 bridgehead atoms. The summed E-state index contributed by atoms with van der Waals surface area (Å²) in [6.07, 6.45) is 0. The van der Waals surface area contributed by atoms with E-state index in [2.05, 4.69) is 4.74 Å². The quantitative estimate of drug-likeness (QED) is 0.474. The first-order chi connectivity index (χ1) is 7.00. The molecule has 1 aliphatic heterocycles. The molecule has 0 aliphatic carbocycles. The van der Waals surface area contributed by atoms with Gasteiger partial charge in [-0.05, 0) is 0 Å². The van der Waals surface area contributed by atoms with E-state index in [1.807, 2.05) is 0 Å². The number of hydrogen-bond donors (Lipinski definition) is 0. The van der Waals surface area contributed by atoms with E-state index in [-0.39, 0.29) is 26.3 Å². The molecule has 0 saturated carbocycles. The van der Waals surface area contributed by atoms with Crippen molar-refractivity contribution in [2.24, 2.45) is 0 Å². The van der Waals surface area contributed by atoms with E-state index < -0.39 is 17.8 Å². The molecule has 7 heteroatoms. The van der Waals surface area contributed by atoms with Crippen LogP contribution in [0.4, 0.5) is 8.78 Å². The molecule has 0 aromatic carbocycles. The average Bonchev–Trinajstić information content (AvgIpc) is 2.28. The summed E-state index contributed by atoms with van der Waals surface area (Å²) >= 11 is 0. The molecule has 0 atom stereocenters. The zero-order chi connectivity index (χ0) is 11.5. The summed E-state index contributed by atoms with van der Waals surface area (Å²) in [6.45, 7) is 0.517. The van der Waals surface area contributed by atoms with Crippen LogP contribution in [0.15, 0.2) is 0 Å². The minimum Gasteiger partial charge on any atom is -0.464 e. The third-order valence-electron chi connectivity index (χ3n) is 2.01. The Hall–Kier alpha value is -1.24. The topological polar surface area (TPSA) is 55.8 Å². The molecular formula is C8H11F2NO4. The van der Waals surface area contributed by atoms with Crippen LogP contribution in [0, 0.1) is 0 Å². The summed E-state index contributed by atoms with van der Waals surface area (Å²) in [7, 11) is 0.808. The van der Waals surface area contributed by atoms with E-state index in [0.717, 1.165) is 12.0 Å². The number of carbonyl (C=O) groups excluding carboxylic acids is 2. The Morgan fingerprint density at radius 1 is 1.33 bits per heavy atom. The highest BCUT2D eigenvalue weighted by Crippen LogP contribution is 2.19. The van der Waals surface area contributed by atoms with Gasteiger partial charge in [0.2, 0.25) is 0 Å². The maximum atomic E-state index is 13.1. The van der Waals surface area contributed by atoms with E-state index in [4.69, 9.17) is 4.74 Å². The van der Waals surface area contributed by atoms with Crippen LogP contribution < -0.4 is 0 Å². The Morgan fingerprint density at radius 2 is 1.87 bits per heavy atom. The second-order valence-corrected chi connectivity index (χ2v) is 2.97. The summed E-state index contributed by atoms with van der Waals surface area (Å²) < 4.78 is 34.9. The number of halogens is 2. The third kappa shape index (κ3) is 2.41. The van der Waals surface area contributed by atoms with Gasteiger partial charge in [0.15, 0.2) is 0 Å². The summed E-state index contributed by atoms with van der Waals surface area (Å²) in [4.78, 5) is 22.8. The van der Waals surface area contributed by atoms with Gasteiger partial charge in [0.05, 0.1) is 20.3 Å². The van der Waals surface area contributed by atoms with Crippen LogP contribution in [0.3, 0.4) is 0 Å². The fraction of sp³-hybridized carbons (Fsp3) is 0.750. The lowest BCUT2D eigenvalue weighted by Gasteiger charge is -2.28. The van der Waals surface area contributed by atoms with Gasteiger partial charge in [-0.15, -0.1) is 0 Å². The van der Waals surface area contributed by atoms with Crippen LogP contribution in [-0.4, -0.2) is 56.1 Å². The van der Waals surface area contributed by atoms with Crippen LogP contribution >= 0.6 is 0 Å². The molecule has 0 radical (unpaired) electrons. The summed E-state index contributed by atoms with van der Waals surface area (Å²) in [5.74, 6) is -7.47. The number of amides is 1. The normalized spacial score (nSPS) is 17.4. The van der Waals surface area contributed by atoms with Crippen LogP contribution in [0.25, 0.3) is 0 Å². The zero-order valence-electron chi connectivity index (χ0n) is 8.16. The predicted molar refractivity (Wildman–Crippen MR) is 44.4 cm³/mol. The minimum atomic E-state index is -4.11. The summed E-state index contributed by atoms with van der Waals surface area (Å²) in [5.41, 5.74) is 0. The molecule has 5 nitrogen and oxygen atoms in total. The molecule has 1 aliphatic rings. The molecule has 1 saturated heterocycles. The van der Waals surface area contributed by atoms with Crippen molar-refractivity contribution in [3.8, 4) is 0 Å². The summed E-state index contributed by atoms with van der Waals surface area (Å²) in [6, 6.07) is 0. The number of hydrogen-bond acceptors (Lipinski definition) is 4. The lowest BCUT2D eigenvalue weighted by Crippen LogP contribution is -2.52. The van der Waals surface area contributed by atoms with Crippen molar-refractivity contribution < 1.29 is 27.8 Å². The largest absolute Gasteiger partial charge is 0.464 e. The molecule has 0 N–H and O–H groups in total. The van der Waals surface area contributed by atoms with Crippen molar-refractivity contribution in [2.75, 3.05) is 33.4 Å². The first-order valence-corrected chi connectivity index (χ1v) is 4.33.